The van der Waals surface area contributed by atoms with Gasteiger partial charge in [0.1, 0.15) is 11.5 Å². The van der Waals surface area contributed by atoms with Crippen LogP contribution in [0.3, 0.4) is 0 Å². The molecule has 11 heteroatoms. The Balaban J connectivity index is 2.07. The third kappa shape index (κ3) is 4.66. The van der Waals surface area contributed by atoms with Gasteiger partial charge in [-0.2, -0.15) is 0 Å². The van der Waals surface area contributed by atoms with Crippen molar-refractivity contribution in [1.29, 1.82) is 0 Å². The minimum absolute atomic E-state index is 0.0263. The fourth-order valence-corrected chi connectivity index (χ4v) is 4.71. The molecule has 3 rings (SSSR count). The molecule has 9 nitrogen and oxygen atoms in total. The number of carbonyl (C=O) groups is 1. The number of methoxy groups -OCH3 is 2. The van der Waals surface area contributed by atoms with Crippen molar-refractivity contribution >= 4 is 39.1 Å². The Labute approximate surface area is 190 Å². The summed E-state index contributed by atoms with van der Waals surface area (Å²) in [5.74, 6) is 0.385. The molecule has 0 radical (unpaired) electrons. The molecule has 1 heterocycles. The second kappa shape index (κ2) is 9.09. The quantitative estimate of drug-likeness (QED) is 0.515. The second-order valence-corrected chi connectivity index (χ2v) is 8.98. The predicted octanol–water partition coefficient (Wildman–Crippen LogP) is 4.39. The van der Waals surface area contributed by atoms with Gasteiger partial charge in [0, 0.05) is 13.0 Å². The van der Waals surface area contributed by atoms with Crippen LogP contribution >= 0.6 is 11.6 Å². The molecule has 0 fully saturated rings. The van der Waals surface area contributed by atoms with Crippen molar-refractivity contribution in [2.24, 2.45) is 0 Å². The summed E-state index contributed by atoms with van der Waals surface area (Å²) in [5.41, 5.74) is 2.16. The van der Waals surface area contributed by atoms with E-state index in [4.69, 9.17) is 25.6 Å². The molecule has 0 atom stereocenters. The fraction of sp³-hybridized carbons (Fsp3) is 0.238. The molecule has 170 valence electrons. The third-order valence-corrected chi connectivity index (χ3v) is 6.44. The molecule has 0 aliphatic rings. The van der Waals surface area contributed by atoms with Crippen LogP contribution in [0.15, 0.2) is 39.8 Å². The zero-order valence-electron chi connectivity index (χ0n) is 18.1. The van der Waals surface area contributed by atoms with Crippen LogP contribution in [0.5, 0.6) is 11.5 Å². The number of sulfonamides is 1. The molecular weight excluding hydrogens is 458 g/mol. The summed E-state index contributed by atoms with van der Waals surface area (Å²) in [7, 11) is -1.19. The van der Waals surface area contributed by atoms with Gasteiger partial charge in [0.25, 0.3) is 10.0 Å². The number of aromatic nitrogens is 1. The first-order valence-electron chi connectivity index (χ1n) is 9.36. The summed E-state index contributed by atoms with van der Waals surface area (Å²) in [6, 6.07) is 7.77. The molecule has 0 unspecified atom stereocenters. The number of benzene rings is 2. The molecule has 3 aromatic rings. The molecule has 32 heavy (non-hydrogen) atoms. The molecule has 0 saturated heterocycles. The van der Waals surface area contributed by atoms with E-state index in [-0.39, 0.29) is 33.1 Å². The Kier molecular flexibility index (Phi) is 6.65. The smallest absolute Gasteiger partial charge is 0.262 e. The lowest BCUT2D eigenvalue weighted by molar-refractivity contribution is -0.114. The van der Waals surface area contributed by atoms with E-state index in [0.717, 1.165) is 0 Å². The standard InChI is InChI=1S/C21H22ClN3O6S/c1-11-6-7-14(20-12(2)24-31-21(20)23-13(3)26)8-19(11)32(27,28)25-16-9-15(22)17(29-4)10-18(16)30-5/h6-10,25H,1-5H3,(H,23,26). The molecule has 1 amide bonds. The van der Waals surface area contributed by atoms with Crippen LogP contribution in [0.25, 0.3) is 11.1 Å². The molecule has 1 aromatic heterocycles. The van der Waals surface area contributed by atoms with Crippen LogP contribution < -0.4 is 19.5 Å². The van der Waals surface area contributed by atoms with Gasteiger partial charge < -0.3 is 14.0 Å². The topological polar surface area (TPSA) is 120 Å². The van der Waals surface area contributed by atoms with E-state index < -0.39 is 10.0 Å². The predicted molar refractivity (Wildman–Crippen MR) is 121 cm³/mol. The van der Waals surface area contributed by atoms with E-state index in [1.165, 1.54) is 39.3 Å². The maximum Gasteiger partial charge on any atom is 0.262 e. The number of carbonyl (C=O) groups excluding carboxylic acids is 1. The van der Waals surface area contributed by atoms with Crippen molar-refractivity contribution in [2.75, 3.05) is 24.3 Å². The number of aryl methyl sites for hydroxylation is 2. The highest BCUT2D eigenvalue weighted by Gasteiger charge is 2.23. The number of hydrogen-bond acceptors (Lipinski definition) is 7. The summed E-state index contributed by atoms with van der Waals surface area (Å²) in [4.78, 5) is 11.5. The van der Waals surface area contributed by atoms with Gasteiger partial charge >= 0.3 is 0 Å². The molecule has 2 N–H and O–H groups in total. The molecule has 0 spiro atoms. The maximum atomic E-state index is 13.3. The molecular formula is C21H22ClN3O6S. The van der Waals surface area contributed by atoms with Gasteiger partial charge in [-0.25, -0.2) is 8.42 Å². The number of ether oxygens (including phenoxy) is 2. The minimum atomic E-state index is -4.04. The number of halogens is 1. The average molecular weight is 480 g/mol. The third-order valence-electron chi connectivity index (χ3n) is 4.64. The van der Waals surface area contributed by atoms with Crippen LogP contribution in [0.4, 0.5) is 11.6 Å². The van der Waals surface area contributed by atoms with Crippen molar-refractivity contribution in [2.45, 2.75) is 25.7 Å². The number of anilines is 2. The maximum absolute atomic E-state index is 13.3. The summed E-state index contributed by atoms with van der Waals surface area (Å²) < 4.78 is 44.7. The van der Waals surface area contributed by atoms with E-state index in [2.05, 4.69) is 15.2 Å². The highest BCUT2D eigenvalue weighted by molar-refractivity contribution is 7.92. The Morgan fingerprint density at radius 2 is 1.78 bits per heavy atom. The summed E-state index contributed by atoms with van der Waals surface area (Å²) >= 11 is 6.17. The van der Waals surface area contributed by atoms with Crippen LogP contribution in [-0.2, 0) is 14.8 Å². The lowest BCUT2D eigenvalue weighted by Crippen LogP contribution is -2.15. The normalized spacial score (nSPS) is 11.2. The van der Waals surface area contributed by atoms with Crippen molar-refractivity contribution in [3.8, 4) is 22.6 Å². The SMILES string of the molecule is COc1cc(OC)c(NS(=O)(=O)c2cc(-c3c(C)noc3NC(C)=O)ccc2C)cc1Cl. The van der Waals surface area contributed by atoms with Crippen LogP contribution in [0.1, 0.15) is 18.2 Å². The summed E-state index contributed by atoms with van der Waals surface area (Å²) in [6.07, 6.45) is 0. The highest BCUT2D eigenvalue weighted by Crippen LogP contribution is 2.38. The van der Waals surface area contributed by atoms with Gasteiger partial charge in [-0.05, 0) is 37.1 Å². The summed E-state index contributed by atoms with van der Waals surface area (Å²) in [5, 5.41) is 6.66. The second-order valence-electron chi connectivity index (χ2n) is 6.93. The highest BCUT2D eigenvalue weighted by atomic mass is 35.5. The minimum Gasteiger partial charge on any atom is -0.495 e. The number of amides is 1. The molecule has 2 aromatic carbocycles. The van der Waals surface area contributed by atoms with E-state index in [9.17, 15) is 13.2 Å². The van der Waals surface area contributed by atoms with Gasteiger partial charge in [-0.1, -0.05) is 28.9 Å². The largest absolute Gasteiger partial charge is 0.495 e. The van der Waals surface area contributed by atoms with Crippen LogP contribution in [0.2, 0.25) is 5.02 Å². The number of nitrogens with zero attached hydrogens (tertiary/aromatic N) is 1. The van der Waals surface area contributed by atoms with Gasteiger partial charge in [0.15, 0.2) is 0 Å². The number of nitrogens with one attached hydrogen (secondary N) is 2. The summed E-state index contributed by atoms with van der Waals surface area (Å²) in [6.45, 7) is 4.70. The zero-order chi connectivity index (χ0) is 23.6. The van der Waals surface area contributed by atoms with Crippen molar-refractivity contribution in [1.82, 2.24) is 5.16 Å². The molecule has 0 aliphatic heterocycles. The molecule has 0 aliphatic carbocycles. The Morgan fingerprint density at radius 3 is 2.41 bits per heavy atom. The van der Waals surface area contributed by atoms with Gasteiger partial charge in [0.05, 0.1) is 41.1 Å². The van der Waals surface area contributed by atoms with Crippen molar-refractivity contribution in [3.63, 3.8) is 0 Å². The Hall–Kier alpha value is -3.24. The van der Waals surface area contributed by atoms with E-state index >= 15 is 0 Å². The Morgan fingerprint density at radius 1 is 1.09 bits per heavy atom. The molecule has 0 saturated carbocycles. The lowest BCUT2D eigenvalue weighted by atomic mass is 10.0. The van der Waals surface area contributed by atoms with Gasteiger partial charge in [-0.3, -0.25) is 14.8 Å². The average Bonchev–Trinajstić information content (AvgIpc) is 3.07. The van der Waals surface area contributed by atoms with Crippen LogP contribution in [0, 0.1) is 13.8 Å². The van der Waals surface area contributed by atoms with Crippen molar-refractivity contribution in [3.05, 3.63) is 46.6 Å². The van der Waals surface area contributed by atoms with E-state index in [0.29, 0.717) is 28.1 Å². The number of rotatable bonds is 7. The van der Waals surface area contributed by atoms with E-state index in [1.54, 1.807) is 26.0 Å². The first-order valence-corrected chi connectivity index (χ1v) is 11.2. The van der Waals surface area contributed by atoms with Gasteiger partial charge in [-0.15, -0.1) is 0 Å². The first-order chi connectivity index (χ1) is 15.1. The molecule has 0 bridgehead atoms. The number of hydrogen-bond donors (Lipinski definition) is 2. The van der Waals surface area contributed by atoms with Gasteiger partial charge in [0.2, 0.25) is 11.8 Å². The lowest BCUT2D eigenvalue weighted by Gasteiger charge is -2.16. The monoisotopic (exact) mass is 479 g/mol. The van der Waals surface area contributed by atoms with Crippen molar-refractivity contribution < 1.29 is 27.2 Å². The van der Waals surface area contributed by atoms with E-state index in [1.807, 2.05) is 0 Å². The fourth-order valence-electron chi connectivity index (χ4n) is 3.14. The Bertz CT molecular complexity index is 1290. The zero-order valence-corrected chi connectivity index (χ0v) is 19.6. The first kappa shape index (κ1) is 23.4. The van der Waals surface area contributed by atoms with Crippen LogP contribution in [-0.4, -0.2) is 33.7 Å².